The number of anilines is 2. The highest BCUT2D eigenvalue weighted by Crippen LogP contribution is 2.29. The molecule has 1 atom stereocenters. The lowest BCUT2D eigenvalue weighted by atomic mass is 10.1. The van der Waals surface area contributed by atoms with Crippen molar-refractivity contribution in [2.24, 2.45) is 0 Å². The summed E-state index contributed by atoms with van der Waals surface area (Å²) in [7, 11) is 0. The van der Waals surface area contributed by atoms with Crippen molar-refractivity contribution in [1.29, 1.82) is 0 Å². The number of hydrogen-bond donors (Lipinski definition) is 0. The van der Waals surface area contributed by atoms with E-state index in [4.69, 9.17) is 0 Å². The van der Waals surface area contributed by atoms with Gasteiger partial charge in [0.05, 0.1) is 0 Å². The molecule has 0 fully saturated rings. The van der Waals surface area contributed by atoms with Crippen LogP contribution in [0, 0.1) is 0 Å². The lowest BCUT2D eigenvalue weighted by Crippen LogP contribution is -2.27. The lowest BCUT2D eigenvalue weighted by Gasteiger charge is -2.31. The van der Waals surface area contributed by atoms with Gasteiger partial charge in [-0.15, -0.1) is 0 Å². The van der Waals surface area contributed by atoms with Gasteiger partial charge in [0.25, 0.3) is 0 Å². The van der Waals surface area contributed by atoms with E-state index in [1.54, 1.807) is 0 Å². The number of hydrogen-bond acceptors (Lipinski definition) is 1. The summed E-state index contributed by atoms with van der Waals surface area (Å²) < 4.78 is 0. The van der Waals surface area contributed by atoms with E-state index in [1.807, 2.05) is 6.07 Å². The molecule has 0 saturated carbocycles. The first kappa shape index (κ1) is 17.0. The standard InChI is InChI=1S/C24H25N/c1-3-20(2)25(23-12-8-5-9-13-23)24-18-16-22(17-19-24)15-14-21-10-6-4-7-11-21/h4-20H,3H2,1-2H3/b15-14+. The summed E-state index contributed by atoms with van der Waals surface area (Å²) >= 11 is 0. The van der Waals surface area contributed by atoms with Crippen LogP contribution in [0.25, 0.3) is 12.2 Å². The van der Waals surface area contributed by atoms with Crippen LogP contribution in [0.4, 0.5) is 11.4 Å². The molecule has 0 heterocycles. The summed E-state index contributed by atoms with van der Waals surface area (Å²) in [6, 6.07) is 30.3. The van der Waals surface area contributed by atoms with Crippen molar-refractivity contribution in [2.75, 3.05) is 4.90 Å². The van der Waals surface area contributed by atoms with Crippen molar-refractivity contribution in [3.63, 3.8) is 0 Å². The van der Waals surface area contributed by atoms with E-state index in [1.165, 1.54) is 22.5 Å². The Labute approximate surface area is 151 Å². The highest BCUT2D eigenvalue weighted by Gasteiger charge is 2.14. The molecule has 1 heteroatoms. The molecule has 0 N–H and O–H groups in total. The molecule has 3 rings (SSSR count). The molecule has 0 aliphatic rings. The van der Waals surface area contributed by atoms with Gasteiger partial charge in [-0.25, -0.2) is 0 Å². The smallest absolute Gasteiger partial charge is 0.0413 e. The Morgan fingerprint density at radius 3 is 1.72 bits per heavy atom. The van der Waals surface area contributed by atoms with E-state index in [0.29, 0.717) is 6.04 Å². The average Bonchev–Trinajstić information content (AvgIpc) is 2.69. The molecular weight excluding hydrogens is 302 g/mol. The number of rotatable bonds is 6. The third-order valence-electron chi connectivity index (χ3n) is 4.51. The fourth-order valence-corrected chi connectivity index (χ4v) is 2.93. The van der Waals surface area contributed by atoms with Crippen molar-refractivity contribution in [1.82, 2.24) is 0 Å². The van der Waals surface area contributed by atoms with Crippen LogP contribution in [0.5, 0.6) is 0 Å². The predicted molar refractivity (Wildman–Crippen MR) is 110 cm³/mol. The van der Waals surface area contributed by atoms with E-state index >= 15 is 0 Å². The van der Waals surface area contributed by atoms with Crippen molar-refractivity contribution in [3.8, 4) is 0 Å². The van der Waals surface area contributed by atoms with Crippen molar-refractivity contribution < 1.29 is 0 Å². The van der Waals surface area contributed by atoms with Crippen LogP contribution >= 0.6 is 0 Å². The molecule has 0 bridgehead atoms. The molecule has 25 heavy (non-hydrogen) atoms. The molecule has 0 saturated heterocycles. The van der Waals surface area contributed by atoms with Gasteiger partial charge in [0.15, 0.2) is 0 Å². The summed E-state index contributed by atoms with van der Waals surface area (Å²) in [6.45, 7) is 4.51. The van der Waals surface area contributed by atoms with Crippen LogP contribution in [0.2, 0.25) is 0 Å². The first-order chi connectivity index (χ1) is 12.3. The minimum Gasteiger partial charge on any atom is -0.339 e. The molecule has 1 unspecified atom stereocenters. The highest BCUT2D eigenvalue weighted by atomic mass is 15.2. The van der Waals surface area contributed by atoms with E-state index in [9.17, 15) is 0 Å². The van der Waals surface area contributed by atoms with Gasteiger partial charge in [0.2, 0.25) is 0 Å². The first-order valence-electron chi connectivity index (χ1n) is 8.95. The second kappa shape index (κ2) is 8.34. The second-order valence-corrected chi connectivity index (χ2v) is 6.30. The Hall–Kier alpha value is -2.80. The number of benzene rings is 3. The summed E-state index contributed by atoms with van der Waals surface area (Å²) in [5, 5.41) is 0. The Morgan fingerprint density at radius 1 is 0.680 bits per heavy atom. The molecule has 1 nitrogen and oxygen atoms in total. The maximum Gasteiger partial charge on any atom is 0.0413 e. The van der Waals surface area contributed by atoms with Crippen molar-refractivity contribution in [2.45, 2.75) is 26.3 Å². The summed E-state index contributed by atoms with van der Waals surface area (Å²) in [5.41, 5.74) is 4.91. The maximum absolute atomic E-state index is 2.41. The first-order valence-corrected chi connectivity index (χ1v) is 8.95. The maximum atomic E-state index is 2.41. The third-order valence-corrected chi connectivity index (χ3v) is 4.51. The normalized spacial score (nSPS) is 12.2. The van der Waals surface area contributed by atoms with Gasteiger partial charge in [-0.2, -0.15) is 0 Å². The van der Waals surface area contributed by atoms with Crippen molar-refractivity contribution >= 4 is 23.5 Å². The quantitative estimate of drug-likeness (QED) is 0.450. The molecule has 0 amide bonds. The topological polar surface area (TPSA) is 3.24 Å². The largest absolute Gasteiger partial charge is 0.339 e. The number of para-hydroxylation sites is 1. The van der Waals surface area contributed by atoms with Gasteiger partial charge in [-0.05, 0) is 48.7 Å². The van der Waals surface area contributed by atoms with E-state index in [2.05, 4.69) is 110 Å². The number of nitrogens with zero attached hydrogens (tertiary/aromatic N) is 1. The van der Waals surface area contributed by atoms with Crippen LogP contribution < -0.4 is 4.90 Å². The molecule has 0 aliphatic carbocycles. The third kappa shape index (κ3) is 4.39. The predicted octanol–water partition coefficient (Wildman–Crippen LogP) is 6.79. The van der Waals surface area contributed by atoms with Gasteiger partial charge >= 0.3 is 0 Å². The fraction of sp³-hybridized carbons (Fsp3) is 0.167. The summed E-state index contributed by atoms with van der Waals surface area (Å²) in [5.74, 6) is 0. The van der Waals surface area contributed by atoms with Gasteiger partial charge in [-0.3, -0.25) is 0 Å². The summed E-state index contributed by atoms with van der Waals surface area (Å²) in [4.78, 5) is 2.41. The zero-order valence-corrected chi connectivity index (χ0v) is 15.0. The van der Waals surface area contributed by atoms with Crippen molar-refractivity contribution in [3.05, 3.63) is 96.1 Å². The molecule has 0 aromatic heterocycles. The Kier molecular flexibility index (Phi) is 5.69. The molecule has 3 aromatic rings. The van der Waals surface area contributed by atoms with Gasteiger partial charge < -0.3 is 4.90 Å². The van der Waals surface area contributed by atoms with E-state index in [-0.39, 0.29) is 0 Å². The van der Waals surface area contributed by atoms with Crippen LogP contribution in [0.1, 0.15) is 31.4 Å². The average molecular weight is 327 g/mol. The fourth-order valence-electron chi connectivity index (χ4n) is 2.93. The molecule has 0 spiro atoms. The SMILES string of the molecule is CCC(C)N(c1ccccc1)c1ccc(/C=C/c2ccccc2)cc1. The van der Waals surface area contributed by atoms with Gasteiger partial charge in [0.1, 0.15) is 0 Å². The molecule has 0 aliphatic heterocycles. The molecule has 3 aromatic carbocycles. The van der Waals surface area contributed by atoms with Crippen LogP contribution in [-0.4, -0.2) is 6.04 Å². The second-order valence-electron chi connectivity index (χ2n) is 6.30. The van der Waals surface area contributed by atoms with E-state index < -0.39 is 0 Å². The molecular formula is C24H25N. The Morgan fingerprint density at radius 2 is 1.16 bits per heavy atom. The van der Waals surface area contributed by atoms with Gasteiger partial charge in [0, 0.05) is 17.4 Å². The highest BCUT2D eigenvalue weighted by molar-refractivity contribution is 5.72. The minimum atomic E-state index is 0.452. The van der Waals surface area contributed by atoms with Crippen LogP contribution in [-0.2, 0) is 0 Å². The molecule has 126 valence electrons. The Balaban J connectivity index is 1.83. The summed E-state index contributed by atoms with van der Waals surface area (Å²) in [6.07, 6.45) is 5.42. The zero-order chi connectivity index (χ0) is 17.5. The van der Waals surface area contributed by atoms with Crippen LogP contribution in [0.15, 0.2) is 84.9 Å². The monoisotopic (exact) mass is 327 g/mol. The van der Waals surface area contributed by atoms with Crippen LogP contribution in [0.3, 0.4) is 0 Å². The minimum absolute atomic E-state index is 0.452. The zero-order valence-electron chi connectivity index (χ0n) is 15.0. The van der Waals surface area contributed by atoms with Gasteiger partial charge in [-0.1, -0.05) is 79.7 Å². The van der Waals surface area contributed by atoms with E-state index in [0.717, 1.165) is 6.42 Å². The Bertz CT molecular complexity index is 789. The lowest BCUT2D eigenvalue weighted by molar-refractivity contribution is 0.688. The molecule has 0 radical (unpaired) electrons.